The van der Waals surface area contributed by atoms with Crippen LogP contribution in [-0.2, 0) is 11.3 Å². The van der Waals surface area contributed by atoms with Crippen molar-refractivity contribution in [1.82, 2.24) is 10.2 Å². The Morgan fingerprint density at radius 3 is 2.68 bits per heavy atom. The number of nitrogens with one attached hydrogen (secondary N) is 1. The molecule has 1 fully saturated rings. The van der Waals surface area contributed by atoms with Gasteiger partial charge in [-0.25, -0.2) is 0 Å². The highest BCUT2D eigenvalue weighted by Crippen LogP contribution is 2.21. The van der Waals surface area contributed by atoms with E-state index in [1.807, 2.05) is 32.1 Å². The van der Waals surface area contributed by atoms with Gasteiger partial charge < -0.3 is 11.1 Å². The maximum Gasteiger partial charge on any atom is 0.237 e. The third kappa shape index (κ3) is 5.07. The fourth-order valence-corrected chi connectivity index (χ4v) is 3.47. The number of nitrogens with two attached hydrogens (primary N) is 1. The summed E-state index contributed by atoms with van der Waals surface area (Å²) in [6, 6.07) is 3.87. The number of thiophene rings is 1. The van der Waals surface area contributed by atoms with Crippen molar-refractivity contribution in [2.24, 2.45) is 17.1 Å². The normalized spacial score (nSPS) is 19.1. The SMILES string of the molecule is CC(C)(C)[C@H](N)C(=O)NCC1CCN(Cc2cccs2)CC1. The predicted molar refractivity (Wildman–Crippen MR) is 92.8 cm³/mol. The van der Waals surface area contributed by atoms with Crippen LogP contribution in [0.1, 0.15) is 38.5 Å². The molecule has 0 unspecified atom stereocenters. The van der Waals surface area contributed by atoms with E-state index in [4.69, 9.17) is 5.73 Å². The molecule has 5 heteroatoms. The molecule has 0 aromatic carbocycles. The van der Waals surface area contributed by atoms with Crippen LogP contribution in [0.4, 0.5) is 0 Å². The zero-order valence-corrected chi connectivity index (χ0v) is 14.8. The summed E-state index contributed by atoms with van der Waals surface area (Å²) in [5.74, 6) is 0.559. The first kappa shape index (κ1) is 17.4. The van der Waals surface area contributed by atoms with Crippen molar-refractivity contribution < 1.29 is 4.79 Å². The smallest absolute Gasteiger partial charge is 0.237 e. The summed E-state index contributed by atoms with van der Waals surface area (Å²) >= 11 is 1.82. The monoisotopic (exact) mass is 323 g/mol. The Hall–Kier alpha value is -0.910. The number of carbonyl (C=O) groups is 1. The zero-order chi connectivity index (χ0) is 16.2. The van der Waals surface area contributed by atoms with Gasteiger partial charge in [0.2, 0.25) is 5.91 Å². The van der Waals surface area contributed by atoms with Crippen molar-refractivity contribution >= 4 is 17.2 Å². The fraction of sp³-hybridized carbons (Fsp3) is 0.706. The van der Waals surface area contributed by atoms with Crippen LogP contribution < -0.4 is 11.1 Å². The second-order valence-electron chi connectivity index (χ2n) is 7.39. The Labute approximate surface area is 138 Å². The molecule has 4 nitrogen and oxygen atoms in total. The lowest BCUT2D eigenvalue weighted by molar-refractivity contribution is -0.124. The molecular weight excluding hydrogens is 294 g/mol. The van der Waals surface area contributed by atoms with E-state index in [-0.39, 0.29) is 11.3 Å². The van der Waals surface area contributed by atoms with Gasteiger partial charge in [-0.2, -0.15) is 0 Å². The minimum Gasteiger partial charge on any atom is -0.354 e. The van der Waals surface area contributed by atoms with Gasteiger partial charge in [0.05, 0.1) is 6.04 Å². The summed E-state index contributed by atoms with van der Waals surface area (Å²) in [6.45, 7) is 10.1. The lowest BCUT2D eigenvalue weighted by atomic mass is 9.86. The number of amides is 1. The van der Waals surface area contributed by atoms with Crippen molar-refractivity contribution in [3.05, 3.63) is 22.4 Å². The summed E-state index contributed by atoms with van der Waals surface area (Å²) in [5.41, 5.74) is 5.80. The van der Waals surface area contributed by atoms with Crippen molar-refractivity contribution in [2.75, 3.05) is 19.6 Å². The van der Waals surface area contributed by atoms with Crippen LogP contribution in [0, 0.1) is 11.3 Å². The van der Waals surface area contributed by atoms with Gasteiger partial charge in [-0.3, -0.25) is 9.69 Å². The Kier molecular flexibility index (Phi) is 6.01. The summed E-state index contributed by atoms with van der Waals surface area (Å²) in [6.07, 6.45) is 2.30. The summed E-state index contributed by atoms with van der Waals surface area (Å²) < 4.78 is 0. The van der Waals surface area contributed by atoms with E-state index in [1.165, 1.54) is 4.88 Å². The first-order chi connectivity index (χ1) is 10.4. The quantitative estimate of drug-likeness (QED) is 0.875. The van der Waals surface area contributed by atoms with Gasteiger partial charge >= 0.3 is 0 Å². The van der Waals surface area contributed by atoms with Crippen molar-refractivity contribution in [3.63, 3.8) is 0 Å². The second-order valence-corrected chi connectivity index (χ2v) is 8.42. The zero-order valence-electron chi connectivity index (χ0n) is 14.0. The molecule has 1 saturated heterocycles. The Bertz CT molecular complexity index is 459. The van der Waals surface area contributed by atoms with Crippen LogP contribution >= 0.6 is 11.3 Å². The van der Waals surface area contributed by atoms with Crippen molar-refractivity contribution in [3.8, 4) is 0 Å². The molecule has 2 heterocycles. The number of piperidine rings is 1. The minimum absolute atomic E-state index is 0.0199. The van der Waals surface area contributed by atoms with E-state index >= 15 is 0 Å². The highest BCUT2D eigenvalue weighted by Gasteiger charge is 2.28. The summed E-state index contributed by atoms with van der Waals surface area (Å²) in [4.78, 5) is 16.0. The fourth-order valence-electron chi connectivity index (χ4n) is 2.72. The molecule has 0 radical (unpaired) electrons. The van der Waals surface area contributed by atoms with Crippen LogP contribution in [-0.4, -0.2) is 36.5 Å². The van der Waals surface area contributed by atoms with E-state index in [0.29, 0.717) is 5.92 Å². The van der Waals surface area contributed by atoms with Crippen LogP contribution in [0.2, 0.25) is 0 Å². The Balaban J connectivity index is 1.68. The highest BCUT2D eigenvalue weighted by molar-refractivity contribution is 7.09. The van der Waals surface area contributed by atoms with Gasteiger partial charge in [-0.15, -0.1) is 11.3 Å². The lowest BCUT2D eigenvalue weighted by Crippen LogP contribution is -2.50. The molecule has 1 aromatic rings. The maximum atomic E-state index is 12.1. The van der Waals surface area contributed by atoms with Gasteiger partial charge in [-0.1, -0.05) is 26.8 Å². The third-order valence-corrected chi connectivity index (χ3v) is 5.31. The first-order valence-corrected chi connectivity index (χ1v) is 9.02. The number of hydrogen-bond donors (Lipinski definition) is 2. The van der Waals surface area contributed by atoms with Crippen LogP contribution in [0.15, 0.2) is 17.5 Å². The molecule has 0 saturated carbocycles. The molecule has 2 rings (SSSR count). The molecule has 1 aliphatic rings. The molecule has 0 aliphatic carbocycles. The molecular formula is C17H29N3OS. The molecule has 1 amide bonds. The van der Waals surface area contributed by atoms with Crippen LogP contribution in [0.5, 0.6) is 0 Å². The van der Waals surface area contributed by atoms with Crippen LogP contribution in [0.25, 0.3) is 0 Å². The number of nitrogens with zero attached hydrogens (tertiary/aromatic N) is 1. The molecule has 124 valence electrons. The molecule has 3 N–H and O–H groups in total. The van der Waals surface area contributed by atoms with Gasteiger partial charge in [0, 0.05) is 18.0 Å². The minimum atomic E-state index is -0.439. The van der Waals surface area contributed by atoms with Crippen molar-refractivity contribution in [2.45, 2.75) is 46.2 Å². The van der Waals surface area contributed by atoms with Crippen molar-refractivity contribution in [1.29, 1.82) is 0 Å². The van der Waals surface area contributed by atoms with Gasteiger partial charge in [-0.05, 0) is 48.7 Å². The van der Waals surface area contributed by atoms with E-state index in [2.05, 4.69) is 27.7 Å². The highest BCUT2D eigenvalue weighted by atomic mass is 32.1. The van der Waals surface area contributed by atoms with Gasteiger partial charge in [0.1, 0.15) is 0 Å². The lowest BCUT2D eigenvalue weighted by Gasteiger charge is -2.32. The molecule has 1 atom stereocenters. The summed E-state index contributed by atoms with van der Waals surface area (Å²) in [7, 11) is 0. The van der Waals surface area contributed by atoms with Gasteiger partial charge in [0.15, 0.2) is 0 Å². The van der Waals surface area contributed by atoms with Crippen LogP contribution in [0.3, 0.4) is 0 Å². The molecule has 1 aromatic heterocycles. The second kappa shape index (κ2) is 7.57. The number of hydrogen-bond acceptors (Lipinski definition) is 4. The van der Waals surface area contributed by atoms with E-state index in [9.17, 15) is 4.79 Å². The number of rotatable bonds is 5. The molecule has 1 aliphatic heterocycles. The number of likely N-dealkylation sites (tertiary alicyclic amines) is 1. The predicted octanol–water partition coefficient (Wildman–Crippen LogP) is 2.45. The molecule has 0 bridgehead atoms. The number of carbonyl (C=O) groups excluding carboxylic acids is 1. The maximum absolute atomic E-state index is 12.1. The molecule has 22 heavy (non-hydrogen) atoms. The van der Waals surface area contributed by atoms with Gasteiger partial charge in [0.25, 0.3) is 0 Å². The topological polar surface area (TPSA) is 58.4 Å². The average Bonchev–Trinajstić information content (AvgIpc) is 2.97. The third-order valence-electron chi connectivity index (χ3n) is 4.45. The Morgan fingerprint density at radius 1 is 1.45 bits per heavy atom. The van der Waals surface area contributed by atoms with E-state index < -0.39 is 6.04 Å². The summed E-state index contributed by atoms with van der Waals surface area (Å²) in [5, 5.41) is 5.17. The van der Waals surface area contributed by atoms with E-state index in [1.54, 1.807) is 0 Å². The largest absolute Gasteiger partial charge is 0.354 e. The first-order valence-electron chi connectivity index (χ1n) is 8.14. The van der Waals surface area contributed by atoms with E-state index in [0.717, 1.165) is 39.0 Å². The Morgan fingerprint density at radius 2 is 2.14 bits per heavy atom. The molecule has 0 spiro atoms. The standard InChI is InChI=1S/C17H29N3OS/c1-17(2,3)15(18)16(21)19-11-13-6-8-20(9-7-13)12-14-5-4-10-22-14/h4-5,10,13,15H,6-9,11-12,18H2,1-3H3,(H,19,21)/t15-/m1/s1. The average molecular weight is 324 g/mol.